The van der Waals surface area contributed by atoms with Gasteiger partial charge in [0.2, 0.25) is 0 Å². The normalized spacial score (nSPS) is 20.4. The predicted octanol–water partition coefficient (Wildman–Crippen LogP) is 2.96. The van der Waals surface area contributed by atoms with Crippen molar-refractivity contribution in [1.82, 2.24) is 19.9 Å². The summed E-state index contributed by atoms with van der Waals surface area (Å²) in [5.41, 5.74) is 2.89. The lowest BCUT2D eigenvalue weighted by atomic mass is 10.1. The van der Waals surface area contributed by atoms with Crippen molar-refractivity contribution in [2.24, 2.45) is 0 Å². The Balaban J connectivity index is 1.89. The van der Waals surface area contributed by atoms with Gasteiger partial charge in [-0.3, -0.25) is 9.88 Å². The summed E-state index contributed by atoms with van der Waals surface area (Å²) in [5, 5.41) is 12.1. The molecule has 0 spiro atoms. The lowest BCUT2D eigenvalue weighted by molar-refractivity contribution is 0.00707. The number of likely N-dealkylation sites (tertiary alicyclic amines) is 1. The van der Waals surface area contributed by atoms with E-state index in [9.17, 15) is 5.11 Å². The molecule has 0 amide bonds. The van der Waals surface area contributed by atoms with Gasteiger partial charge in [-0.25, -0.2) is 9.97 Å². The van der Waals surface area contributed by atoms with Gasteiger partial charge >= 0.3 is 0 Å². The number of aryl methyl sites for hydroxylation is 1. The first-order chi connectivity index (χ1) is 11.1. The zero-order valence-electron chi connectivity index (χ0n) is 13.4. The van der Waals surface area contributed by atoms with Gasteiger partial charge in [0.25, 0.3) is 0 Å². The molecule has 1 aliphatic rings. The minimum Gasteiger partial charge on any atom is -0.379 e. The van der Waals surface area contributed by atoms with E-state index >= 15 is 0 Å². The molecule has 0 radical (unpaired) electrons. The first-order valence-electron chi connectivity index (χ1n) is 8.11. The monoisotopic (exact) mass is 308 g/mol. The third kappa shape index (κ3) is 2.36. The van der Waals surface area contributed by atoms with Crippen molar-refractivity contribution in [2.75, 3.05) is 6.54 Å². The number of fused-ring (bicyclic) bond motifs is 3. The van der Waals surface area contributed by atoms with E-state index in [0.29, 0.717) is 0 Å². The Morgan fingerprint density at radius 3 is 2.87 bits per heavy atom. The molecular formula is C18H20N4O. The van der Waals surface area contributed by atoms with Crippen molar-refractivity contribution in [3.8, 4) is 0 Å². The summed E-state index contributed by atoms with van der Waals surface area (Å²) < 4.78 is 0. The molecular weight excluding hydrogens is 288 g/mol. The molecule has 118 valence electrons. The number of aliphatic hydroxyl groups is 1. The SMILES string of the molecule is Cc1nc(C2CCCN2C(C)O)nc2ccc3ncccc3c12. The summed E-state index contributed by atoms with van der Waals surface area (Å²) >= 11 is 0. The fourth-order valence-corrected chi connectivity index (χ4v) is 3.65. The van der Waals surface area contributed by atoms with Crippen molar-refractivity contribution in [1.29, 1.82) is 0 Å². The van der Waals surface area contributed by atoms with Crippen molar-refractivity contribution in [3.63, 3.8) is 0 Å². The highest BCUT2D eigenvalue weighted by Crippen LogP contribution is 2.33. The van der Waals surface area contributed by atoms with Crippen molar-refractivity contribution < 1.29 is 5.11 Å². The number of hydrogen-bond acceptors (Lipinski definition) is 5. The summed E-state index contributed by atoms with van der Waals surface area (Å²) in [6.07, 6.45) is 3.39. The summed E-state index contributed by atoms with van der Waals surface area (Å²) in [5.74, 6) is 0.816. The predicted molar refractivity (Wildman–Crippen MR) is 89.9 cm³/mol. The molecule has 1 aliphatic heterocycles. The van der Waals surface area contributed by atoms with Gasteiger partial charge < -0.3 is 5.11 Å². The maximum atomic E-state index is 9.97. The van der Waals surface area contributed by atoms with Crippen LogP contribution in [0.2, 0.25) is 0 Å². The van der Waals surface area contributed by atoms with Crippen molar-refractivity contribution in [2.45, 2.75) is 39.0 Å². The highest BCUT2D eigenvalue weighted by atomic mass is 16.3. The zero-order chi connectivity index (χ0) is 16.0. The summed E-state index contributed by atoms with van der Waals surface area (Å²) in [4.78, 5) is 16.1. The Bertz CT molecular complexity index is 877. The number of pyridine rings is 1. The maximum absolute atomic E-state index is 9.97. The molecule has 1 fully saturated rings. The van der Waals surface area contributed by atoms with Crippen LogP contribution in [-0.4, -0.2) is 37.7 Å². The molecule has 0 bridgehead atoms. The van der Waals surface area contributed by atoms with Gasteiger partial charge in [-0.2, -0.15) is 0 Å². The van der Waals surface area contributed by atoms with E-state index in [0.717, 1.165) is 52.7 Å². The van der Waals surface area contributed by atoms with Crippen LogP contribution in [-0.2, 0) is 0 Å². The third-order valence-corrected chi connectivity index (χ3v) is 4.71. The van der Waals surface area contributed by atoms with Gasteiger partial charge in [0.05, 0.1) is 17.1 Å². The van der Waals surface area contributed by atoms with Crippen LogP contribution in [0.15, 0.2) is 30.5 Å². The second-order valence-electron chi connectivity index (χ2n) is 6.22. The van der Waals surface area contributed by atoms with Gasteiger partial charge in [0, 0.05) is 29.2 Å². The van der Waals surface area contributed by atoms with Crippen LogP contribution in [0.25, 0.3) is 21.8 Å². The first kappa shape index (κ1) is 14.5. The fourth-order valence-electron chi connectivity index (χ4n) is 3.65. The van der Waals surface area contributed by atoms with Gasteiger partial charge in [0.1, 0.15) is 12.1 Å². The fraction of sp³-hybridized carbons (Fsp3) is 0.389. The lowest BCUT2D eigenvalue weighted by Gasteiger charge is -2.26. The van der Waals surface area contributed by atoms with Gasteiger partial charge in [-0.1, -0.05) is 6.07 Å². The minimum absolute atomic E-state index is 0.0997. The maximum Gasteiger partial charge on any atom is 0.146 e. The minimum atomic E-state index is -0.470. The summed E-state index contributed by atoms with van der Waals surface area (Å²) in [6, 6.07) is 8.14. The van der Waals surface area contributed by atoms with E-state index in [1.807, 2.05) is 32.0 Å². The van der Waals surface area contributed by atoms with Gasteiger partial charge in [-0.15, -0.1) is 0 Å². The molecule has 2 aromatic heterocycles. The first-order valence-corrected chi connectivity index (χ1v) is 8.11. The van der Waals surface area contributed by atoms with Crippen LogP contribution in [0, 0.1) is 6.92 Å². The van der Waals surface area contributed by atoms with Crippen LogP contribution >= 0.6 is 0 Å². The number of aliphatic hydroxyl groups excluding tert-OH is 1. The molecule has 1 aromatic carbocycles. The molecule has 2 unspecified atom stereocenters. The molecule has 0 saturated carbocycles. The largest absolute Gasteiger partial charge is 0.379 e. The number of benzene rings is 1. The van der Waals surface area contributed by atoms with Crippen LogP contribution in [0.3, 0.4) is 0 Å². The lowest BCUT2D eigenvalue weighted by Crippen LogP contribution is -2.33. The Morgan fingerprint density at radius 2 is 2.04 bits per heavy atom. The Kier molecular flexibility index (Phi) is 3.47. The molecule has 3 aromatic rings. The number of aromatic nitrogens is 3. The van der Waals surface area contributed by atoms with E-state index in [1.165, 1.54) is 0 Å². The number of hydrogen-bond donors (Lipinski definition) is 1. The smallest absolute Gasteiger partial charge is 0.146 e. The Hall–Kier alpha value is -2.11. The molecule has 3 heterocycles. The molecule has 4 rings (SSSR count). The number of rotatable bonds is 2. The highest BCUT2D eigenvalue weighted by molar-refractivity contribution is 6.05. The molecule has 0 aliphatic carbocycles. The van der Waals surface area contributed by atoms with E-state index in [4.69, 9.17) is 9.97 Å². The van der Waals surface area contributed by atoms with Gasteiger partial charge in [0.15, 0.2) is 0 Å². The van der Waals surface area contributed by atoms with E-state index < -0.39 is 6.23 Å². The summed E-state index contributed by atoms with van der Waals surface area (Å²) in [6.45, 7) is 4.73. The van der Waals surface area contributed by atoms with Crippen LogP contribution in [0.4, 0.5) is 0 Å². The molecule has 5 nitrogen and oxygen atoms in total. The van der Waals surface area contributed by atoms with Crippen molar-refractivity contribution >= 4 is 21.8 Å². The van der Waals surface area contributed by atoms with Gasteiger partial charge in [-0.05, 0) is 44.9 Å². The topological polar surface area (TPSA) is 62.1 Å². The van der Waals surface area contributed by atoms with E-state index in [2.05, 4.69) is 16.0 Å². The van der Waals surface area contributed by atoms with Crippen LogP contribution < -0.4 is 0 Å². The Labute approximate surface area is 135 Å². The highest BCUT2D eigenvalue weighted by Gasteiger charge is 2.31. The third-order valence-electron chi connectivity index (χ3n) is 4.71. The Morgan fingerprint density at radius 1 is 1.22 bits per heavy atom. The molecule has 1 saturated heterocycles. The number of nitrogens with zero attached hydrogens (tertiary/aromatic N) is 4. The molecule has 2 atom stereocenters. The van der Waals surface area contributed by atoms with Crippen molar-refractivity contribution in [3.05, 3.63) is 42.0 Å². The second-order valence-corrected chi connectivity index (χ2v) is 6.22. The van der Waals surface area contributed by atoms with E-state index in [-0.39, 0.29) is 6.04 Å². The van der Waals surface area contributed by atoms with E-state index in [1.54, 1.807) is 6.20 Å². The quantitative estimate of drug-likeness (QED) is 0.737. The average molecular weight is 308 g/mol. The molecule has 23 heavy (non-hydrogen) atoms. The molecule has 1 N–H and O–H groups in total. The second kappa shape index (κ2) is 5.51. The summed E-state index contributed by atoms with van der Waals surface area (Å²) in [7, 11) is 0. The molecule has 5 heteroatoms. The van der Waals surface area contributed by atoms with Crippen LogP contribution in [0.5, 0.6) is 0 Å². The zero-order valence-corrected chi connectivity index (χ0v) is 13.4. The van der Waals surface area contributed by atoms with Crippen LogP contribution in [0.1, 0.15) is 37.3 Å². The standard InChI is InChI=1S/C18H20N4O/c1-11-17-13-5-3-9-19-14(13)7-8-15(17)21-18(20-11)16-6-4-10-22(16)12(2)23/h3,5,7-9,12,16,23H,4,6,10H2,1-2H3. The average Bonchev–Trinajstić information content (AvgIpc) is 3.04.